The van der Waals surface area contributed by atoms with E-state index in [1.54, 1.807) is 23.5 Å². The summed E-state index contributed by atoms with van der Waals surface area (Å²) in [6.45, 7) is 2.07. The number of thiazole rings is 1. The molecule has 0 fully saturated rings. The van der Waals surface area contributed by atoms with Gasteiger partial charge >= 0.3 is 0 Å². The van der Waals surface area contributed by atoms with Crippen molar-refractivity contribution in [1.82, 2.24) is 4.98 Å². The van der Waals surface area contributed by atoms with Gasteiger partial charge in [-0.15, -0.1) is 11.3 Å². The summed E-state index contributed by atoms with van der Waals surface area (Å²) in [4.78, 5) is 5.38. The third kappa shape index (κ3) is 1.68. The number of rotatable bonds is 2. The van der Waals surface area contributed by atoms with Gasteiger partial charge in [0.2, 0.25) is 0 Å². The predicted molar refractivity (Wildman–Crippen MR) is 56.9 cm³/mol. The van der Waals surface area contributed by atoms with Crippen LogP contribution in [0, 0.1) is 5.82 Å². The van der Waals surface area contributed by atoms with Gasteiger partial charge in [0.1, 0.15) is 10.8 Å². The van der Waals surface area contributed by atoms with Crippen molar-refractivity contribution in [2.75, 3.05) is 0 Å². The molecule has 0 amide bonds. The van der Waals surface area contributed by atoms with E-state index in [1.807, 2.05) is 12.3 Å². The Hall–Kier alpha value is -1.22. The molecular formula is C11H10FNS. The van der Waals surface area contributed by atoms with Crippen LogP contribution in [-0.4, -0.2) is 4.98 Å². The Kier molecular flexibility index (Phi) is 2.59. The van der Waals surface area contributed by atoms with Gasteiger partial charge in [0.25, 0.3) is 0 Å². The fraction of sp³-hybridized carbons (Fsp3) is 0.182. The van der Waals surface area contributed by atoms with Gasteiger partial charge in [-0.3, -0.25) is 0 Å². The van der Waals surface area contributed by atoms with Gasteiger partial charge in [-0.25, -0.2) is 9.37 Å². The van der Waals surface area contributed by atoms with Crippen LogP contribution < -0.4 is 0 Å². The van der Waals surface area contributed by atoms with E-state index in [1.165, 1.54) is 10.9 Å². The molecule has 2 rings (SSSR count). The second-order valence-electron chi connectivity index (χ2n) is 2.97. The average molecular weight is 207 g/mol. The molecule has 72 valence electrons. The summed E-state index contributed by atoms with van der Waals surface area (Å²) in [6, 6.07) is 6.73. The zero-order valence-corrected chi connectivity index (χ0v) is 8.64. The molecule has 14 heavy (non-hydrogen) atoms. The van der Waals surface area contributed by atoms with Crippen molar-refractivity contribution in [3.05, 3.63) is 41.2 Å². The third-order valence-electron chi connectivity index (χ3n) is 2.01. The van der Waals surface area contributed by atoms with Crippen LogP contribution in [0.2, 0.25) is 0 Å². The molecule has 0 atom stereocenters. The molecule has 2 aromatic rings. The van der Waals surface area contributed by atoms with Crippen molar-refractivity contribution in [2.45, 2.75) is 13.3 Å². The van der Waals surface area contributed by atoms with Gasteiger partial charge in [0.15, 0.2) is 0 Å². The molecule has 0 saturated carbocycles. The summed E-state index contributed by atoms with van der Waals surface area (Å²) in [7, 11) is 0. The van der Waals surface area contributed by atoms with Gasteiger partial charge < -0.3 is 0 Å². The lowest BCUT2D eigenvalue weighted by Crippen LogP contribution is -1.80. The van der Waals surface area contributed by atoms with Crippen LogP contribution in [0.15, 0.2) is 30.5 Å². The Labute approximate surface area is 86.2 Å². The number of benzene rings is 1. The monoisotopic (exact) mass is 207 g/mol. The first-order chi connectivity index (χ1) is 6.81. The number of hydrogen-bond acceptors (Lipinski definition) is 2. The standard InChI is InChI=1S/C11H10FNS/c1-2-8-7-13-11(14-8)9-5-3-4-6-10(9)12/h3-7H,2H2,1H3. The molecule has 1 aromatic heterocycles. The molecule has 0 unspecified atom stereocenters. The molecule has 1 heterocycles. The second-order valence-corrected chi connectivity index (χ2v) is 4.08. The Morgan fingerprint density at radius 3 is 2.79 bits per heavy atom. The maximum atomic E-state index is 13.4. The highest BCUT2D eigenvalue weighted by Gasteiger charge is 2.07. The SMILES string of the molecule is CCc1cnc(-c2ccccc2F)s1. The minimum atomic E-state index is -0.204. The summed E-state index contributed by atoms with van der Waals surface area (Å²) >= 11 is 1.55. The summed E-state index contributed by atoms with van der Waals surface area (Å²) in [5.74, 6) is -0.204. The first kappa shape index (κ1) is 9.34. The number of halogens is 1. The van der Waals surface area contributed by atoms with Gasteiger partial charge in [-0.1, -0.05) is 19.1 Å². The van der Waals surface area contributed by atoms with Crippen molar-refractivity contribution in [1.29, 1.82) is 0 Å². The van der Waals surface area contributed by atoms with Crippen LogP contribution in [0.3, 0.4) is 0 Å². The number of aromatic nitrogens is 1. The van der Waals surface area contributed by atoms with Gasteiger partial charge in [0, 0.05) is 16.6 Å². The molecule has 0 aliphatic heterocycles. The summed E-state index contributed by atoms with van der Waals surface area (Å²) in [5, 5.41) is 0.764. The molecule has 3 heteroatoms. The fourth-order valence-electron chi connectivity index (χ4n) is 1.23. The quantitative estimate of drug-likeness (QED) is 0.734. The van der Waals surface area contributed by atoms with Crippen molar-refractivity contribution in [2.24, 2.45) is 0 Å². The molecule has 0 aliphatic carbocycles. The highest BCUT2D eigenvalue weighted by atomic mass is 32.1. The number of aryl methyl sites for hydroxylation is 1. The van der Waals surface area contributed by atoms with Crippen LogP contribution in [0.4, 0.5) is 4.39 Å². The largest absolute Gasteiger partial charge is 0.244 e. The first-order valence-electron chi connectivity index (χ1n) is 4.51. The minimum Gasteiger partial charge on any atom is -0.244 e. The smallest absolute Gasteiger partial charge is 0.133 e. The maximum absolute atomic E-state index is 13.4. The van der Waals surface area contributed by atoms with Crippen LogP contribution in [0.1, 0.15) is 11.8 Å². The fourth-order valence-corrected chi connectivity index (χ4v) is 2.11. The number of nitrogens with zero attached hydrogens (tertiary/aromatic N) is 1. The van der Waals surface area contributed by atoms with E-state index in [-0.39, 0.29) is 5.82 Å². The van der Waals surface area contributed by atoms with Gasteiger partial charge in [-0.2, -0.15) is 0 Å². The molecule has 1 nitrogen and oxygen atoms in total. The van der Waals surface area contributed by atoms with E-state index in [0.29, 0.717) is 5.56 Å². The Morgan fingerprint density at radius 1 is 1.36 bits per heavy atom. The lowest BCUT2D eigenvalue weighted by atomic mass is 10.2. The van der Waals surface area contributed by atoms with Gasteiger partial charge in [0.05, 0.1) is 0 Å². The van der Waals surface area contributed by atoms with Gasteiger partial charge in [-0.05, 0) is 18.6 Å². The average Bonchev–Trinajstić information content (AvgIpc) is 2.67. The van der Waals surface area contributed by atoms with Crippen LogP contribution in [0.5, 0.6) is 0 Å². The first-order valence-corrected chi connectivity index (χ1v) is 5.32. The molecule has 0 bridgehead atoms. The highest BCUT2D eigenvalue weighted by molar-refractivity contribution is 7.15. The predicted octanol–water partition coefficient (Wildman–Crippen LogP) is 3.51. The maximum Gasteiger partial charge on any atom is 0.133 e. The highest BCUT2D eigenvalue weighted by Crippen LogP contribution is 2.27. The van der Waals surface area contributed by atoms with E-state index < -0.39 is 0 Å². The van der Waals surface area contributed by atoms with Crippen molar-refractivity contribution in [3.63, 3.8) is 0 Å². The Morgan fingerprint density at radius 2 is 2.14 bits per heavy atom. The van der Waals surface area contributed by atoms with Crippen LogP contribution in [-0.2, 0) is 6.42 Å². The molecule has 0 radical (unpaired) electrons. The van der Waals surface area contributed by atoms with Crippen molar-refractivity contribution < 1.29 is 4.39 Å². The molecular weight excluding hydrogens is 197 g/mol. The number of hydrogen-bond donors (Lipinski definition) is 0. The lowest BCUT2D eigenvalue weighted by Gasteiger charge is -1.96. The summed E-state index contributed by atoms with van der Waals surface area (Å²) in [6.07, 6.45) is 2.76. The summed E-state index contributed by atoms with van der Waals surface area (Å²) < 4.78 is 13.4. The minimum absolute atomic E-state index is 0.204. The van der Waals surface area contributed by atoms with E-state index in [2.05, 4.69) is 11.9 Å². The van der Waals surface area contributed by atoms with E-state index in [9.17, 15) is 4.39 Å². The molecule has 0 N–H and O–H groups in total. The topological polar surface area (TPSA) is 12.9 Å². The third-order valence-corrected chi connectivity index (χ3v) is 3.18. The zero-order chi connectivity index (χ0) is 9.97. The van der Waals surface area contributed by atoms with E-state index >= 15 is 0 Å². The summed E-state index contributed by atoms with van der Waals surface area (Å²) in [5.41, 5.74) is 0.595. The molecule has 1 aromatic carbocycles. The van der Waals surface area contributed by atoms with E-state index in [4.69, 9.17) is 0 Å². The van der Waals surface area contributed by atoms with E-state index in [0.717, 1.165) is 11.4 Å². The lowest BCUT2D eigenvalue weighted by molar-refractivity contribution is 0.631. The Balaban J connectivity index is 2.44. The van der Waals surface area contributed by atoms with Crippen molar-refractivity contribution in [3.8, 4) is 10.6 Å². The molecule has 0 spiro atoms. The van der Waals surface area contributed by atoms with Crippen LogP contribution >= 0.6 is 11.3 Å². The van der Waals surface area contributed by atoms with Crippen LogP contribution in [0.25, 0.3) is 10.6 Å². The van der Waals surface area contributed by atoms with Crippen molar-refractivity contribution >= 4 is 11.3 Å². The Bertz CT molecular complexity index is 436. The molecule has 0 saturated heterocycles. The second kappa shape index (κ2) is 3.88. The normalized spacial score (nSPS) is 10.4. The molecule has 0 aliphatic rings. The zero-order valence-electron chi connectivity index (χ0n) is 7.83.